The van der Waals surface area contributed by atoms with Crippen LogP contribution < -0.4 is 5.32 Å². The first kappa shape index (κ1) is 9.62. The molecule has 88 valence electrons. The Morgan fingerprint density at radius 3 is 3.06 bits per heavy atom. The number of nitrogens with zero attached hydrogens (tertiary/aromatic N) is 2. The van der Waals surface area contributed by atoms with Crippen molar-refractivity contribution in [3.8, 4) is 0 Å². The second kappa shape index (κ2) is 3.55. The summed E-state index contributed by atoms with van der Waals surface area (Å²) in [7, 11) is 0. The fourth-order valence-electron chi connectivity index (χ4n) is 2.79. The largest absolute Gasteiger partial charge is 0.368 e. The number of hydrogen-bond donors (Lipinski definition) is 1. The number of ether oxygens (including phenoxy) is 1. The lowest BCUT2D eigenvalue weighted by Gasteiger charge is -2.37. The van der Waals surface area contributed by atoms with Gasteiger partial charge in [0.15, 0.2) is 0 Å². The molecule has 4 rings (SSSR count). The highest BCUT2D eigenvalue weighted by Gasteiger charge is 2.34. The predicted molar refractivity (Wildman–Crippen MR) is 64.8 cm³/mol. The topological polar surface area (TPSA) is 39.1 Å². The predicted octanol–water partition coefficient (Wildman–Crippen LogP) is 1.47. The molecule has 0 saturated carbocycles. The van der Waals surface area contributed by atoms with Gasteiger partial charge in [0.1, 0.15) is 6.10 Å². The fraction of sp³-hybridized carbons (Fsp3) is 0.462. The Balaban J connectivity index is 1.89. The first-order chi connectivity index (χ1) is 8.43. The second-order valence-electron chi connectivity index (χ2n) is 4.77. The SMILES string of the molecule is c1ccc2c3n(nc2c1)CCOC3[C@@H]1CCN1. The third-order valence-corrected chi connectivity index (χ3v) is 3.78. The molecule has 0 radical (unpaired) electrons. The van der Waals surface area contributed by atoms with Crippen LogP contribution in [-0.2, 0) is 11.3 Å². The zero-order valence-corrected chi connectivity index (χ0v) is 9.60. The van der Waals surface area contributed by atoms with E-state index in [9.17, 15) is 0 Å². The van der Waals surface area contributed by atoms with Crippen molar-refractivity contribution in [1.29, 1.82) is 0 Å². The van der Waals surface area contributed by atoms with Gasteiger partial charge in [-0.3, -0.25) is 4.68 Å². The zero-order valence-electron chi connectivity index (χ0n) is 9.60. The van der Waals surface area contributed by atoms with Crippen LogP contribution in [-0.4, -0.2) is 29.0 Å². The molecule has 2 aliphatic heterocycles. The molecule has 4 heteroatoms. The third kappa shape index (κ3) is 1.34. The summed E-state index contributed by atoms with van der Waals surface area (Å²) in [5.74, 6) is 0. The summed E-state index contributed by atoms with van der Waals surface area (Å²) in [6.07, 6.45) is 1.37. The van der Waals surface area contributed by atoms with Crippen LogP contribution in [0.2, 0.25) is 0 Å². The van der Waals surface area contributed by atoms with Gasteiger partial charge in [-0.2, -0.15) is 5.10 Å². The van der Waals surface area contributed by atoms with E-state index < -0.39 is 0 Å². The van der Waals surface area contributed by atoms with Gasteiger partial charge in [0, 0.05) is 11.4 Å². The minimum absolute atomic E-state index is 0.171. The monoisotopic (exact) mass is 229 g/mol. The quantitative estimate of drug-likeness (QED) is 0.805. The van der Waals surface area contributed by atoms with E-state index in [4.69, 9.17) is 4.74 Å². The van der Waals surface area contributed by atoms with Crippen molar-refractivity contribution in [2.24, 2.45) is 0 Å². The molecule has 1 aromatic heterocycles. The third-order valence-electron chi connectivity index (χ3n) is 3.78. The fourth-order valence-corrected chi connectivity index (χ4v) is 2.79. The highest BCUT2D eigenvalue weighted by molar-refractivity contribution is 5.82. The lowest BCUT2D eigenvalue weighted by molar-refractivity contribution is -0.0211. The molecule has 0 amide bonds. The number of hydrogen-bond acceptors (Lipinski definition) is 3. The van der Waals surface area contributed by atoms with E-state index in [0.29, 0.717) is 6.04 Å². The molecule has 1 saturated heterocycles. The lowest BCUT2D eigenvalue weighted by Crippen LogP contribution is -2.49. The minimum Gasteiger partial charge on any atom is -0.368 e. The first-order valence-corrected chi connectivity index (χ1v) is 6.24. The number of rotatable bonds is 1. The van der Waals surface area contributed by atoms with E-state index in [1.54, 1.807) is 0 Å². The molecule has 0 spiro atoms. The van der Waals surface area contributed by atoms with Crippen LogP contribution >= 0.6 is 0 Å². The highest BCUT2D eigenvalue weighted by Crippen LogP contribution is 2.34. The number of aromatic nitrogens is 2. The smallest absolute Gasteiger partial charge is 0.115 e. The second-order valence-corrected chi connectivity index (χ2v) is 4.77. The van der Waals surface area contributed by atoms with Crippen LogP contribution in [0.1, 0.15) is 18.2 Å². The maximum atomic E-state index is 5.95. The Kier molecular flexibility index (Phi) is 2.01. The van der Waals surface area contributed by atoms with Crippen molar-refractivity contribution in [2.75, 3.05) is 13.2 Å². The maximum absolute atomic E-state index is 5.95. The summed E-state index contributed by atoms with van der Waals surface area (Å²) in [5.41, 5.74) is 2.33. The molecule has 0 bridgehead atoms. The van der Waals surface area contributed by atoms with Gasteiger partial charge in [-0.05, 0) is 19.0 Å². The van der Waals surface area contributed by atoms with Gasteiger partial charge in [-0.1, -0.05) is 18.2 Å². The number of benzene rings is 1. The van der Waals surface area contributed by atoms with Crippen LogP contribution in [0.3, 0.4) is 0 Å². The molecule has 2 aliphatic rings. The molecule has 1 N–H and O–H groups in total. The van der Waals surface area contributed by atoms with Crippen molar-refractivity contribution in [3.63, 3.8) is 0 Å². The summed E-state index contributed by atoms with van der Waals surface area (Å²) in [6.45, 7) is 2.74. The van der Waals surface area contributed by atoms with Crippen molar-refractivity contribution in [3.05, 3.63) is 30.0 Å². The van der Waals surface area contributed by atoms with Crippen LogP contribution in [0.25, 0.3) is 10.9 Å². The molecule has 1 fully saturated rings. The molecule has 4 nitrogen and oxygen atoms in total. The van der Waals surface area contributed by atoms with Gasteiger partial charge in [-0.25, -0.2) is 0 Å². The van der Waals surface area contributed by atoms with Crippen molar-refractivity contribution in [1.82, 2.24) is 15.1 Å². The van der Waals surface area contributed by atoms with Crippen molar-refractivity contribution in [2.45, 2.75) is 25.1 Å². The Labute approximate surface area is 99.6 Å². The van der Waals surface area contributed by atoms with Gasteiger partial charge in [-0.15, -0.1) is 0 Å². The lowest BCUT2D eigenvalue weighted by atomic mass is 9.95. The van der Waals surface area contributed by atoms with Crippen molar-refractivity contribution < 1.29 is 4.74 Å². The molecular weight excluding hydrogens is 214 g/mol. The average Bonchev–Trinajstić information content (AvgIpc) is 2.66. The first-order valence-electron chi connectivity index (χ1n) is 6.24. The van der Waals surface area contributed by atoms with Gasteiger partial charge in [0.2, 0.25) is 0 Å². The Bertz CT molecular complexity index is 559. The van der Waals surface area contributed by atoms with E-state index in [2.05, 4.69) is 33.3 Å². The van der Waals surface area contributed by atoms with Gasteiger partial charge in [0.25, 0.3) is 0 Å². The minimum atomic E-state index is 0.171. The summed E-state index contributed by atoms with van der Waals surface area (Å²) >= 11 is 0. The van der Waals surface area contributed by atoms with Crippen molar-refractivity contribution >= 4 is 10.9 Å². The molecule has 3 heterocycles. The summed E-state index contributed by atoms with van der Waals surface area (Å²) in [6, 6.07) is 8.80. The van der Waals surface area contributed by atoms with E-state index >= 15 is 0 Å². The summed E-state index contributed by atoms with van der Waals surface area (Å²) in [5, 5.41) is 9.34. The molecular formula is C13H15N3O. The summed E-state index contributed by atoms with van der Waals surface area (Å²) in [4.78, 5) is 0. The molecule has 17 heavy (non-hydrogen) atoms. The Morgan fingerprint density at radius 2 is 2.24 bits per heavy atom. The van der Waals surface area contributed by atoms with Gasteiger partial charge < -0.3 is 10.1 Å². The maximum Gasteiger partial charge on any atom is 0.115 e. The van der Waals surface area contributed by atoms with Crippen LogP contribution in [0.5, 0.6) is 0 Å². The van der Waals surface area contributed by atoms with E-state index in [-0.39, 0.29) is 6.10 Å². The molecule has 1 aromatic carbocycles. The number of nitrogens with one attached hydrogen (secondary N) is 1. The van der Waals surface area contributed by atoms with E-state index in [1.165, 1.54) is 17.5 Å². The van der Waals surface area contributed by atoms with Gasteiger partial charge >= 0.3 is 0 Å². The van der Waals surface area contributed by atoms with Gasteiger partial charge in [0.05, 0.1) is 24.4 Å². The molecule has 0 aliphatic carbocycles. The Morgan fingerprint density at radius 1 is 1.35 bits per heavy atom. The molecule has 1 unspecified atom stereocenters. The molecule has 2 atom stereocenters. The zero-order chi connectivity index (χ0) is 11.2. The van der Waals surface area contributed by atoms with Crippen LogP contribution in [0.4, 0.5) is 0 Å². The van der Waals surface area contributed by atoms with E-state index in [1.807, 2.05) is 6.07 Å². The van der Waals surface area contributed by atoms with Crippen LogP contribution in [0, 0.1) is 0 Å². The average molecular weight is 229 g/mol. The Hall–Kier alpha value is -1.39. The van der Waals surface area contributed by atoms with Crippen LogP contribution in [0.15, 0.2) is 24.3 Å². The standard InChI is InChI=1S/C13H15N3O/c1-2-4-10-9(3-1)12-13(11-5-6-14-11)17-8-7-16(12)15-10/h1-4,11,13-14H,5-8H2/t11-,13?/m0/s1. The van der Waals surface area contributed by atoms with E-state index in [0.717, 1.165) is 25.2 Å². The number of fused-ring (bicyclic) bond motifs is 3. The summed E-state index contributed by atoms with van der Waals surface area (Å²) < 4.78 is 8.08. The molecule has 2 aromatic rings. The normalized spacial score (nSPS) is 27.8. The highest BCUT2D eigenvalue weighted by atomic mass is 16.5.